The van der Waals surface area contributed by atoms with Crippen molar-refractivity contribution in [1.29, 1.82) is 0 Å². The lowest BCUT2D eigenvalue weighted by Gasteiger charge is -2.36. The van der Waals surface area contributed by atoms with Crippen LogP contribution in [-0.4, -0.2) is 118 Å². The fourth-order valence-corrected chi connectivity index (χ4v) is 7.07. The number of carbonyl (C=O) groups excluding carboxylic acids is 7. The molecule has 19 heteroatoms. The Labute approximate surface area is 348 Å². The highest BCUT2D eigenvalue weighted by Gasteiger charge is 2.43. The van der Waals surface area contributed by atoms with Crippen LogP contribution in [0.25, 0.3) is 0 Å². The lowest BCUT2D eigenvalue weighted by Crippen LogP contribution is -2.58. The highest BCUT2D eigenvalue weighted by atomic mass is 16.4. The van der Waals surface area contributed by atoms with Gasteiger partial charge >= 0.3 is 17.9 Å². The third-order valence-corrected chi connectivity index (χ3v) is 10.2. The highest BCUT2D eigenvalue weighted by Crippen LogP contribution is 2.33. The average Bonchev–Trinajstić information content (AvgIpc) is 3.17. The first-order valence-electron chi connectivity index (χ1n) is 20.2. The number of aliphatic carboxylic acids is 3. The van der Waals surface area contributed by atoms with Gasteiger partial charge in [-0.3, -0.25) is 47.9 Å². The van der Waals surface area contributed by atoms with Gasteiger partial charge < -0.3 is 47.2 Å². The Kier molecular flexibility index (Phi) is 20.5. The minimum Gasteiger partial charge on any atom is -0.481 e. The summed E-state index contributed by atoms with van der Waals surface area (Å²) in [5, 5.41) is 43.1. The molecule has 0 spiro atoms. The molecular weight excluding hydrogens is 784 g/mol. The van der Waals surface area contributed by atoms with E-state index in [1.165, 1.54) is 0 Å². The Morgan fingerprint density at radius 1 is 0.667 bits per heavy atom. The summed E-state index contributed by atoms with van der Waals surface area (Å²) in [6, 6.07) is 1.81. The lowest BCUT2D eigenvalue weighted by molar-refractivity contribution is -0.143. The molecule has 5 amide bonds. The summed E-state index contributed by atoms with van der Waals surface area (Å²) in [5.41, 5.74) is 1.63. The van der Waals surface area contributed by atoms with Crippen LogP contribution < -0.4 is 31.9 Å². The topological polar surface area (TPSA) is 304 Å². The van der Waals surface area contributed by atoms with Crippen LogP contribution in [0, 0.1) is 23.7 Å². The third kappa shape index (κ3) is 16.1. The van der Waals surface area contributed by atoms with E-state index in [1.807, 2.05) is 17.4 Å². The molecule has 0 aliphatic heterocycles. The molecule has 7 atom stereocenters. The molecule has 1 aliphatic rings. The molecule has 0 bridgehead atoms. The maximum absolute atomic E-state index is 14.6. The van der Waals surface area contributed by atoms with Gasteiger partial charge in [-0.2, -0.15) is 0 Å². The van der Waals surface area contributed by atoms with Crippen molar-refractivity contribution in [3.8, 4) is 0 Å². The molecule has 0 saturated heterocycles. The van der Waals surface area contributed by atoms with Gasteiger partial charge in [0.1, 0.15) is 12.6 Å². The summed E-state index contributed by atoms with van der Waals surface area (Å²) in [7, 11) is 0. The van der Waals surface area contributed by atoms with Crippen LogP contribution >= 0.6 is 0 Å². The van der Waals surface area contributed by atoms with E-state index in [0.717, 1.165) is 18.1 Å². The first-order valence-corrected chi connectivity index (χ1v) is 20.2. The van der Waals surface area contributed by atoms with Crippen molar-refractivity contribution in [2.75, 3.05) is 13.1 Å². The van der Waals surface area contributed by atoms with E-state index in [2.05, 4.69) is 26.6 Å². The average molecular weight is 845 g/mol. The van der Waals surface area contributed by atoms with Gasteiger partial charge in [0.25, 0.3) is 5.91 Å². The van der Waals surface area contributed by atoms with E-state index in [1.54, 1.807) is 46.8 Å². The van der Waals surface area contributed by atoms with Crippen LogP contribution in [0.15, 0.2) is 24.3 Å². The Hall–Kier alpha value is -5.72. The Morgan fingerprint density at radius 2 is 1.23 bits per heavy atom. The summed E-state index contributed by atoms with van der Waals surface area (Å²) < 4.78 is 0. The molecular formula is C41H60N6O13. The van der Waals surface area contributed by atoms with Crippen molar-refractivity contribution in [2.24, 2.45) is 23.7 Å². The molecule has 1 aliphatic carbocycles. The first-order chi connectivity index (χ1) is 28.2. The van der Waals surface area contributed by atoms with E-state index >= 15 is 0 Å². The fourth-order valence-electron chi connectivity index (χ4n) is 7.07. The number of carbonyl (C=O) groups is 10. The first kappa shape index (κ1) is 50.4. The van der Waals surface area contributed by atoms with Crippen LogP contribution in [0.2, 0.25) is 0 Å². The second-order valence-electron chi connectivity index (χ2n) is 15.8. The highest BCUT2D eigenvalue weighted by molar-refractivity contribution is 6.38. The largest absolute Gasteiger partial charge is 0.481 e. The monoisotopic (exact) mass is 844 g/mol. The predicted molar refractivity (Wildman–Crippen MR) is 215 cm³/mol. The zero-order valence-electron chi connectivity index (χ0n) is 35.0. The Morgan fingerprint density at radius 3 is 1.75 bits per heavy atom. The van der Waals surface area contributed by atoms with E-state index in [9.17, 15) is 53.1 Å². The Bertz CT molecular complexity index is 1750. The quantitative estimate of drug-likeness (QED) is 0.0560. The van der Waals surface area contributed by atoms with Gasteiger partial charge in [-0.15, -0.1) is 0 Å². The molecule has 0 aromatic heterocycles. The Balaban J connectivity index is 2.36. The molecule has 0 saturated carbocycles. The normalized spacial score (nSPS) is 17.1. The smallest absolute Gasteiger partial charge is 0.322 e. The van der Waals surface area contributed by atoms with Crippen LogP contribution in [-0.2, 0) is 60.8 Å². The minimum atomic E-state index is -1.36. The van der Waals surface area contributed by atoms with Crippen LogP contribution in [0.3, 0.4) is 0 Å². The van der Waals surface area contributed by atoms with Gasteiger partial charge in [0.05, 0.1) is 24.0 Å². The van der Waals surface area contributed by atoms with Crippen molar-refractivity contribution >= 4 is 59.0 Å². The molecule has 1 aromatic rings. The standard InChI is InChI=1S/C41H60N6O13/c1-7-10-29(37(56)41(60)43-20-33(53)54)46-38(57)28-18-25-12-9-8-11-24(25)17-27(28)36(55)34(21(2)3)47-40(59)35(22(4)5)42-19-26(13-15-31(49)50)45-39(58)30(44-23(6)48)14-16-32(51)52/h8-9,11-12,21-22,26-30,34-35,42H,7,10,13-20H2,1-6H3,(H,43,60)(H,44,48)(H,45,58)(H,46,57)(H,47,59)(H,49,50)(H,51,52)(H,53,54)/t26-,27?,28+,29-,30-,34-,35-/m0/s1. The minimum absolute atomic E-state index is 0.0721. The van der Waals surface area contributed by atoms with Crippen LogP contribution in [0.4, 0.5) is 0 Å². The number of rotatable bonds is 26. The van der Waals surface area contributed by atoms with E-state index in [-0.39, 0.29) is 45.1 Å². The summed E-state index contributed by atoms with van der Waals surface area (Å²) in [5.74, 6) is -11.7. The number of benzene rings is 1. The zero-order chi connectivity index (χ0) is 45.3. The van der Waals surface area contributed by atoms with E-state index < -0.39 is 126 Å². The molecule has 332 valence electrons. The number of carboxylic acid groups (broad SMARTS) is 3. The van der Waals surface area contributed by atoms with Gasteiger partial charge in [-0.25, -0.2) is 0 Å². The molecule has 19 nitrogen and oxygen atoms in total. The molecule has 0 fully saturated rings. The van der Waals surface area contributed by atoms with Gasteiger partial charge in [-0.05, 0) is 55.1 Å². The van der Waals surface area contributed by atoms with Gasteiger partial charge in [0, 0.05) is 38.3 Å². The fraction of sp³-hybridized carbons (Fsp3) is 0.610. The number of hydrogen-bond acceptors (Lipinski definition) is 11. The van der Waals surface area contributed by atoms with E-state index in [4.69, 9.17) is 10.2 Å². The van der Waals surface area contributed by atoms with Gasteiger partial charge in [0.15, 0.2) is 5.78 Å². The number of nitrogens with one attached hydrogen (secondary N) is 6. The van der Waals surface area contributed by atoms with Crippen molar-refractivity contribution < 1.29 is 63.3 Å². The molecule has 0 heterocycles. The molecule has 0 radical (unpaired) electrons. The second-order valence-corrected chi connectivity index (χ2v) is 15.8. The number of fused-ring (bicyclic) bond motifs is 1. The van der Waals surface area contributed by atoms with Gasteiger partial charge in [-0.1, -0.05) is 65.3 Å². The molecule has 60 heavy (non-hydrogen) atoms. The molecule has 1 aromatic carbocycles. The second kappa shape index (κ2) is 24.4. The summed E-state index contributed by atoms with van der Waals surface area (Å²) >= 11 is 0. The summed E-state index contributed by atoms with van der Waals surface area (Å²) in [6.45, 7) is 8.92. The molecule has 1 unspecified atom stereocenters. The predicted octanol–water partition coefficient (Wildman–Crippen LogP) is 0.116. The maximum atomic E-state index is 14.6. The molecule has 2 rings (SSSR count). The van der Waals surface area contributed by atoms with E-state index in [0.29, 0.717) is 6.42 Å². The van der Waals surface area contributed by atoms with Crippen molar-refractivity contribution in [2.45, 2.75) is 123 Å². The number of amides is 5. The number of ketones is 2. The van der Waals surface area contributed by atoms with Crippen molar-refractivity contribution in [3.05, 3.63) is 35.4 Å². The van der Waals surface area contributed by atoms with Crippen LogP contribution in [0.1, 0.15) is 91.2 Å². The summed E-state index contributed by atoms with van der Waals surface area (Å²) in [4.78, 5) is 127. The molecule has 9 N–H and O–H groups in total. The SMILES string of the molecule is CCC[C@H](NC(=O)[C@@H]1Cc2ccccc2CC1C(=O)[C@@H](NC(=O)[C@@H](NC[C@H](CCC(=O)O)NC(=O)[C@H](CCC(=O)O)NC(C)=O)C(C)C)C(C)C)C(=O)C(=O)NCC(=O)O. The summed E-state index contributed by atoms with van der Waals surface area (Å²) in [6.07, 6.45) is -0.364. The number of carboxylic acids is 3. The van der Waals surface area contributed by atoms with Gasteiger partial charge in [0.2, 0.25) is 29.4 Å². The maximum Gasteiger partial charge on any atom is 0.322 e. The lowest BCUT2D eigenvalue weighted by atomic mass is 9.71. The number of Topliss-reactive ketones (excluding diaryl/α,β-unsaturated/α-hetero) is 2. The van der Waals surface area contributed by atoms with Crippen molar-refractivity contribution in [3.63, 3.8) is 0 Å². The number of hydrogen-bond donors (Lipinski definition) is 9. The van der Waals surface area contributed by atoms with Crippen molar-refractivity contribution in [1.82, 2.24) is 31.9 Å². The zero-order valence-corrected chi connectivity index (χ0v) is 35.0. The third-order valence-electron chi connectivity index (χ3n) is 10.2. The van der Waals surface area contributed by atoms with Crippen LogP contribution in [0.5, 0.6) is 0 Å².